The number of hydrogen-bond donors (Lipinski definition) is 1. The molecule has 1 rings (SSSR count). The lowest BCUT2D eigenvalue weighted by molar-refractivity contribution is -0.162. The fraction of sp³-hybridized carbons (Fsp3) is 0.364. The molecule has 0 heterocycles. The van der Waals surface area contributed by atoms with Crippen molar-refractivity contribution in [2.24, 2.45) is 0 Å². The van der Waals surface area contributed by atoms with Crippen LogP contribution in [0.3, 0.4) is 0 Å². The zero-order valence-corrected chi connectivity index (χ0v) is 9.70. The van der Waals surface area contributed by atoms with Crippen LogP contribution in [0.1, 0.15) is 32.6 Å². The molecule has 0 amide bonds. The molecule has 0 aliphatic rings. The number of rotatable bonds is 1. The van der Waals surface area contributed by atoms with Crippen LogP contribution in [-0.2, 0) is 12.4 Å². The zero-order valence-electron chi connectivity index (χ0n) is 9.70. The summed E-state index contributed by atoms with van der Waals surface area (Å²) in [6.45, 7) is 1.74. The Bertz CT molecular complexity index is 527. The molecule has 2 nitrogen and oxygen atoms in total. The van der Waals surface area contributed by atoms with Crippen LogP contribution in [0.4, 0.5) is 26.3 Å². The van der Waals surface area contributed by atoms with E-state index >= 15 is 0 Å². The van der Waals surface area contributed by atoms with Gasteiger partial charge in [0, 0.05) is 0 Å². The summed E-state index contributed by atoms with van der Waals surface area (Å²) in [5, 5.41) is 8.78. The highest BCUT2D eigenvalue weighted by atomic mass is 19.4. The van der Waals surface area contributed by atoms with Gasteiger partial charge in [-0.1, -0.05) is 0 Å². The minimum absolute atomic E-state index is 0.208. The highest BCUT2D eigenvalue weighted by Gasteiger charge is 2.45. The van der Waals surface area contributed by atoms with Crippen LogP contribution in [0.25, 0.3) is 0 Å². The van der Waals surface area contributed by atoms with Crippen molar-refractivity contribution in [3.8, 4) is 0 Å². The highest BCUT2D eigenvalue weighted by Crippen LogP contribution is 2.43. The Hall–Kier alpha value is -1.73. The smallest absolute Gasteiger partial charge is 0.417 e. The van der Waals surface area contributed by atoms with Crippen molar-refractivity contribution in [1.82, 2.24) is 0 Å². The summed E-state index contributed by atoms with van der Waals surface area (Å²) in [7, 11) is 0. The van der Waals surface area contributed by atoms with Gasteiger partial charge in [0.1, 0.15) is 0 Å². The van der Waals surface area contributed by atoms with Gasteiger partial charge in [-0.3, -0.25) is 0 Å². The van der Waals surface area contributed by atoms with Crippen molar-refractivity contribution in [3.05, 3.63) is 33.9 Å². The van der Waals surface area contributed by atoms with Crippen LogP contribution in [0.2, 0.25) is 0 Å². The lowest BCUT2D eigenvalue weighted by Gasteiger charge is -2.20. The summed E-state index contributed by atoms with van der Waals surface area (Å²) in [6, 6.07) is 0.208. The first-order valence-corrected chi connectivity index (χ1v) is 4.89. The first-order valence-electron chi connectivity index (χ1n) is 4.89. The maximum Gasteiger partial charge on any atom is 0.417 e. The van der Waals surface area contributed by atoms with E-state index in [-0.39, 0.29) is 11.6 Å². The highest BCUT2D eigenvalue weighted by molar-refractivity contribution is 5.91. The van der Waals surface area contributed by atoms with Gasteiger partial charge in [-0.15, -0.1) is 0 Å². The standard InChI is InChI=1S/C11H8F6O2/c1-4-3-6(10(12,13)14)8(11(15,16)17)5(2)7(4)9(18)19/h3H,1-2H3,(H,18,19). The quantitative estimate of drug-likeness (QED) is 0.791. The topological polar surface area (TPSA) is 37.3 Å². The molecule has 0 spiro atoms. The van der Waals surface area contributed by atoms with Gasteiger partial charge in [0.25, 0.3) is 0 Å². The Kier molecular flexibility index (Phi) is 3.57. The molecule has 0 unspecified atom stereocenters. The minimum atomic E-state index is -5.28. The summed E-state index contributed by atoms with van der Waals surface area (Å²) < 4.78 is 76.0. The van der Waals surface area contributed by atoms with Gasteiger partial charge in [0.15, 0.2) is 0 Å². The molecule has 0 bridgehead atoms. The maximum atomic E-state index is 12.7. The predicted octanol–water partition coefficient (Wildman–Crippen LogP) is 4.04. The van der Waals surface area contributed by atoms with Gasteiger partial charge in [-0.05, 0) is 31.0 Å². The molecule has 19 heavy (non-hydrogen) atoms. The molecule has 0 saturated carbocycles. The van der Waals surface area contributed by atoms with Gasteiger partial charge in [-0.25, -0.2) is 4.79 Å². The molecule has 1 aromatic rings. The Morgan fingerprint density at radius 3 is 1.84 bits per heavy atom. The predicted molar refractivity (Wildman–Crippen MR) is 52.9 cm³/mol. The molecule has 0 atom stereocenters. The number of carbonyl (C=O) groups is 1. The summed E-state index contributed by atoms with van der Waals surface area (Å²) in [5.74, 6) is -1.70. The molecular formula is C11H8F6O2. The van der Waals surface area contributed by atoms with Crippen molar-refractivity contribution in [2.75, 3.05) is 0 Å². The SMILES string of the molecule is Cc1cc(C(F)(F)F)c(C(F)(F)F)c(C)c1C(=O)O. The van der Waals surface area contributed by atoms with E-state index in [2.05, 4.69) is 0 Å². The van der Waals surface area contributed by atoms with E-state index in [1.807, 2.05) is 0 Å². The fourth-order valence-corrected chi connectivity index (χ4v) is 1.90. The number of alkyl halides is 6. The summed E-state index contributed by atoms with van der Waals surface area (Å²) in [6.07, 6.45) is -10.5. The lowest BCUT2D eigenvalue weighted by Crippen LogP contribution is -2.21. The molecule has 0 aliphatic carbocycles. The van der Waals surface area contributed by atoms with Crippen LogP contribution < -0.4 is 0 Å². The number of benzene rings is 1. The van der Waals surface area contributed by atoms with Crippen LogP contribution in [-0.4, -0.2) is 11.1 Å². The third-order valence-electron chi connectivity index (χ3n) is 2.58. The molecule has 0 aliphatic heterocycles. The van der Waals surface area contributed by atoms with Crippen molar-refractivity contribution in [3.63, 3.8) is 0 Å². The number of halogens is 6. The number of carboxylic acids is 1. The maximum absolute atomic E-state index is 12.7. The van der Waals surface area contributed by atoms with Crippen molar-refractivity contribution in [2.45, 2.75) is 26.2 Å². The van der Waals surface area contributed by atoms with E-state index in [1.165, 1.54) is 0 Å². The molecule has 8 heteroatoms. The first-order chi connectivity index (χ1) is 8.37. The Labute approximate surface area is 103 Å². The van der Waals surface area contributed by atoms with Crippen LogP contribution in [0, 0.1) is 13.8 Å². The van der Waals surface area contributed by atoms with Crippen molar-refractivity contribution < 1.29 is 36.2 Å². The minimum Gasteiger partial charge on any atom is -0.478 e. The second kappa shape index (κ2) is 4.43. The number of hydrogen-bond acceptors (Lipinski definition) is 1. The average molecular weight is 286 g/mol. The summed E-state index contributed by atoms with van der Waals surface area (Å²) >= 11 is 0. The zero-order chi connectivity index (χ0) is 15.2. The number of aromatic carboxylic acids is 1. The third kappa shape index (κ3) is 2.82. The summed E-state index contributed by atoms with van der Waals surface area (Å²) in [5.41, 5.74) is -5.90. The van der Waals surface area contributed by atoms with E-state index in [1.54, 1.807) is 0 Å². The van der Waals surface area contributed by atoms with E-state index in [9.17, 15) is 31.1 Å². The normalized spacial score (nSPS) is 12.6. The first kappa shape index (κ1) is 15.3. The van der Waals surface area contributed by atoms with E-state index < -0.39 is 40.6 Å². The molecule has 0 aromatic heterocycles. The molecule has 0 fully saturated rings. The van der Waals surface area contributed by atoms with Crippen molar-refractivity contribution in [1.29, 1.82) is 0 Å². The Morgan fingerprint density at radius 1 is 1.05 bits per heavy atom. The van der Waals surface area contributed by atoms with Crippen LogP contribution in [0.5, 0.6) is 0 Å². The second-order valence-corrected chi connectivity index (χ2v) is 3.92. The van der Waals surface area contributed by atoms with Gasteiger partial charge in [-0.2, -0.15) is 26.3 Å². The lowest BCUT2D eigenvalue weighted by atomic mass is 9.92. The average Bonchev–Trinajstić information content (AvgIpc) is 2.11. The number of carboxylic acid groups (broad SMARTS) is 1. The third-order valence-corrected chi connectivity index (χ3v) is 2.58. The van der Waals surface area contributed by atoms with Gasteiger partial charge < -0.3 is 5.11 Å². The van der Waals surface area contributed by atoms with Gasteiger partial charge >= 0.3 is 18.3 Å². The second-order valence-electron chi connectivity index (χ2n) is 3.92. The van der Waals surface area contributed by atoms with E-state index in [0.29, 0.717) is 6.92 Å². The Balaban J connectivity index is 3.84. The molecule has 0 radical (unpaired) electrons. The van der Waals surface area contributed by atoms with E-state index in [0.717, 1.165) is 6.92 Å². The van der Waals surface area contributed by atoms with Gasteiger partial charge in [0.05, 0.1) is 16.7 Å². The Morgan fingerprint density at radius 2 is 1.53 bits per heavy atom. The largest absolute Gasteiger partial charge is 0.478 e. The fourth-order valence-electron chi connectivity index (χ4n) is 1.90. The molecule has 0 saturated heterocycles. The molecule has 1 N–H and O–H groups in total. The van der Waals surface area contributed by atoms with Crippen LogP contribution in [0.15, 0.2) is 6.07 Å². The van der Waals surface area contributed by atoms with E-state index in [4.69, 9.17) is 5.11 Å². The molecule has 1 aromatic carbocycles. The van der Waals surface area contributed by atoms with Gasteiger partial charge in [0.2, 0.25) is 0 Å². The molecule has 106 valence electrons. The number of aryl methyl sites for hydroxylation is 1. The monoisotopic (exact) mass is 286 g/mol. The van der Waals surface area contributed by atoms with Crippen molar-refractivity contribution >= 4 is 5.97 Å². The molecular weight excluding hydrogens is 278 g/mol. The van der Waals surface area contributed by atoms with Crippen LogP contribution >= 0.6 is 0 Å². The summed E-state index contributed by atoms with van der Waals surface area (Å²) in [4.78, 5) is 10.8.